The molecule has 1 aromatic rings. The second kappa shape index (κ2) is 5.40. The normalized spacial score (nSPS) is 19.3. The molecule has 2 aliphatic rings. The van der Waals surface area contributed by atoms with E-state index in [4.69, 9.17) is 0 Å². The number of hydrogen-bond acceptors (Lipinski definition) is 5. The molecule has 5 heteroatoms. The highest BCUT2D eigenvalue weighted by atomic mass is 15.3. The van der Waals surface area contributed by atoms with E-state index >= 15 is 0 Å². The molecule has 100 valence electrons. The third-order valence-corrected chi connectivity index (χ3v) is 3.55. The first-order valence-corrected chi connectivity index (χ1v) is 6.64. The molecule has 1 saturated heterocycles. The lowest BCUT2D eigenvalue weighted by Crippen LogP contribution is -2.59. The van der Waals surface area contributed by atoms with Crippen LogP contribution in [0, 0.1) is 0 Å². The van der Waals surface area contributed by atoms with Crippen molar-refractivity contribution in [3.05, 3.63) is 42.4 Å². The number of hydrogen-bond donors (Lipinski definition) is 1. The van der Waals surface area contributed by atoms with E-state index < -0.39 is 0 Å². The Balaban J connectivity index is 1.52. The quantitative estimate of drug-likeness (QED) is 0.864. The number of likely N-dealkylation sites (tertiary alicyclic amines) is 1. The summed E-state index contributed by atoms with van der Waals surface area (Å²) in [5, 5.41) is 3.27. The minimum absolute atomic E-state index is 0.614. The van der Waals surface area contributed by atoms with Crippen LogP contribution in [0.1, 0.15) is 5.69 Å². The second-order valence-corrected chi connectivity index (χ2v) is 4.93. The lowest BCUT2D eigenvalue weighted by Gasteiger charge is -2.41. The van der Waals surface area contributed by atoms with Gasteiger partial charge in [0.05, 0.1) is 12.2 Å². The van der Waals surface area contributed by atoms with Crippen molar-refractivity contribution < 1.29 is 0 Å². The van der Waals surface area contributed by atoms with Gasteiger partial charge in [0.15, 0.2) is 0 Å². The third kappa shape index (κ3) is 2.76. The summed E-state index contributed by atoms with van der Waals surface area (Å²) in [5.41, 5.74) is 1.07. The Bertz CT molecular complexity index is 476. The number of likely N-dealkylation sites (N-methyl/N-ethyl adjacent to an activating group) is 1. The monoisotopic (exact) mass is 257 g/mol. The molecular weight excluding hydrogens is 238 g/mol. The van der Waals surface area contributed by atoms with E-state index in [-0.39, 0.29) is 0 Å². The highest BCUT2D eigenvalue weighted by Gasteiger charge is 2.27. The van der Waals surface area contributed by atoms with Crippen LogP contribution in [0.15, 0.2) is 41.7 Å². The predicted octanol–water partition coefficient (Wildman–Crippen LogP) is 0.670. The maximum atomic E-state index is 4.62. The van der Waals surface area contributed by atoms with Crippen LogP contribution in [0.3, 0.4) is 0 Å². The van der Waals surface area contributed by atoms with Crippen molar-refractivity contribution in [2.24, 2.45) is 4.99 Å². The van der Waals surface area contributed by atoms with Gasteiger partial charge >= 0.3 is 0 Å². The molecule has 1 fully saturated rings. The van der Waals surface area contributed by atoms with Crippen LogP contribution in [-0.4, -0.2) is 53.5 Å². The van der Waals surface area contributed by atoms with Crippen molar-refractivity contribution in [3.8, 4) is 0 Å². The molecule has 5 nitrogen and oxygen atoms in total. The molecule has 0 spiro atoms. The van der Waals surface area contributed by atoms with Crippen molar-refractivity contribution in [3.63, 3.8) is 0 Å². The Morgan fingerprint density at radius 3 is 2.89 bits per heavy atom. The zero-order chi connectivity index (χ0) is 13.1. The van der Waals surface area contributed by atoms with Gasteiger partial charge in [0.1, 0.15) is 12.5 Å². The van der Waals surface area contributed by atoms with Crippen molar-refractivity contribution in [1.29, 1.82) is 0 Å². The van der Waals surface area contributed by atoms with Gasteiger partial charge in [-0.15, -0.1) is 0 Å². The fourth-order valence-electron chi connectivity index (χ4n) is 2.29. The van der Waals surface area contributed by atoms with Gasteiger partial charge in [0.25, 0.3) is 0 Å². The topological polar surface area (TPSA) is 43.8 Å². The number of nitrogens with zero attached hydrogens (tertiary/aromatic N) is 4. The van der Waals surface area contributed by atoms with Gasteiger partial charge in [0, 0.05) is 31.5 Å². The molecule has 0 saturated carbocycles. The molecule has 0 atom stereocenters. The molecular formula is C14H19N5. The molecule has 0 aliphatic carbocycles. The van der Waals surface area contributed by atoms with Crippen molar-refractivity contribution in [2.45, 2.75) is 12.6 Å². The maximum absolute atomic E-state index is 4.62. The van der Waals surface area contributed by atoms with E-state index in [0.717, 1.165) is 31.2 Å². The molecule has 1 N–H and O–H groups in total. The summed E-state index contributed by atoms with van der Waals surface area (Å²) < 4.78 is 0. The standard InChI is InChI=1S/C14H19N5/c1-15-13-9-19(10-13)14-5-7-18(11-17-14)8-12-4-2-3-6-16-12/h2-7,13,15H,8-11H2,1H3. The predicted molar refractivity (Wildman–Crippen MR) is 75.6 cm³/mol. The van der Waals surface area contributed by atoms with E-state index in [1.54, 1.807) is 0 Å². The van der Waals surface area contributed by atoms with Gasteiger partial charge in [-0.25, -0.2) is 4.99 Å². The summed E-state index contributed by atoms with van der Waals surface area (Å²) in [6, 6.07) is 6.61. The first-order valence-electron chi connectivity index (χ1n) is 6.64. The molecule has 0 bridgehead atoms. The van der Waals surface area contributed by atoms with Crippen LogP contribution in [0.5, 0.6) is 0 Å². The minimum Gasteiger partial charge on any atom is -0.354 e. The number of pyridine rings is 1. The number of rotatable bonds is 3. The first kappa shape index (κ1) is 12.2. The van der Waals surface area contributed by atoms with Crippen molar-refractivity contribution in [1.82, 2.24) is 20.1 Å². The van der Waals surface area contributed by atoms with E-state index in [1.165, 1.54) is 0 Å². The molecule has 3 rings (SSSR count). The fourth-order valence-corrected chi connectivity index (χ4v) is 2.29. The number of aromatic nitrogens is 1. The summed E-state index contributed by atoms with van der Waals surface area (Å²) in [6.07, 6.45) is 6.04. The smallest absolute Gasteiger partial charge is 0.127 e. The number of amidine groups is 1. The van der Waals surface area contributed by atoms with Crippen LogP contribution in [0.2, 0.25) is 0 Å². The average molecular weight is 257 g/mol. The fraction of sp³-hybridized carbons (Fsp3) is 0.429. The largest absolute Gasteiger partial charge is 0.354 e. The van der Waals surface area contributed by atoms with Crippen LogP contribution in [0.4, 0.5) is 0 Å². The van der Waals surface area contributed by atoms with Gasteiger partial charge in [0.2, 0.25) is 0 Å². The van der Waals surface area contributed by atoms with E-state index in [1.807, 2.05) is 31.4 Å². The zero-order valence-electron chi connectivity index (χ0n) is 11.2. The second-order valence-electron chi connectivity index (χ2n) is 4.93. The molecule has 2 aliphatic heterocycles. The van der Waals surface area contributed by atoms with Crippen LogP contribution < -0.4 is 5.32 Å². The SMILES string of the molecule is CNC1CN(C2=NCN(Cc3ccccn3)C=C2)C1. The van der Waals surface area contributed by atoms with E-state index in [9.17, 15) is 0 Å². The summed E-state index contributed by atoms with van der Waals surface area (Å²) >= 11 is 0. The van der Waals surface area contributed by atoms with Gasteiger partial charge < -0.3 is 15.1 Å². The summed E-state index contributed by atoms with van der Waals surface area (Å²) in [5.74, 6) is 1.10. The van der Waals surface area contributed by atoms with Gasteiger partial charge in [-0.1, -0.05) is 6.07 Å². The molecule has 0 radical (unpaired) electrons. The third-order valence-electron chi connectivity index (χ3n) is 3.55. The zero-order valence-corrected chi connectivity index (χ0v) is 11.2. The highest BCUT2D eigenvalue weighted by molar-refractivity contribution is 5.94. The molecule has 3 heterocycles. The Kier molecular flexibility index (Phi) is 3.46. The lowest BCUT2D eigenvalue weighted by atomic mass is 10.1. The van der Waals surface area contributed by atoms with Crippen LogP contribution >= 0.6 is 0 Å². The maximum Gasteiger partial charge on any atom is 0.127 e. The Hall–Kier alpha value is -1.88. The van der Waals surface area contributed by atoms with Gasteiger partial charge in [-0.2, -0.15) is 0 Å². The summed E-state index contributed by atoms with van der Waals surface area (Å²) in [7, 11) is 2.01. The average Bonchev–Trinajstić information content (AvgIpc) is 2.41. The molecule has 1 aromatic heterocycles. The van der Waals surface area contributed by atoms with Gasteiger partial charge in [-0.05, 0) is 25.3 Å². The lowest BCUT2D eigenvalue weighted by molar-refractivity contribution is 0.222. The number of aliphatic imine (C=N–C) groups is 1. The van der Waals surface area contributed by atoms with Crippen molar-refractivity contribution in [2.75, 3.05) is 26.8 Å². The van der Waals surface area contributed by atoms with E-state index in [0.29, 0.717) is 12.7 Å². The molecule has 0 unspecified atom stereocenters. The van der Waals surface area contributed by atoms with Gasteiger partial charge in [-0.3, -0.25) is 4.98 Å². The first-order chi connectivity index (χ1) is 9.35. The molecule has 19 heavy (non-hydrogen) atoms. The van der Waals surface area contributed by atoms with Crippen LogP contribution in [-0.2, 0) is 6.54 Å². The molecule has 0 aromatic carbocycles. The Labute approximate surface area is 113 Å². The van der Waals surface area contributed by atoms with Crippen molar-refractivity contribution >= 4 is 5.84 Å². The van der Waals surface area contributed by atoms with E-state index in [2.05, 4.69) is 37.4 Å². The van der Waals surface area contributed by atoms with Crippen LogP contribution in [0.25, 0.3) is 0 Å². The Morgan fingerprint density at radius 2 is 2.26 bits per heavy atom. The summed E-state index contributed by atoms with van der Waals surface area (Å²) in [6.45, 7) is 3.64. The molecule has 0 amide bonds. The minimum atomic E-state index is 0.614. The summed E-state index contributed by atoms with van der Waals surface area (Å²) in [4.78, 5) is 13.4. The highest BCUT2D eigenvalue weighted by Crippen LogP contribution is 2.13. The Morgan fingerprint density at radius 1 is 1.37 bits per heavy atom. The number of nitrogens with one attached hydrogen (secondary N) is 1.